The molecule has 4 nitrogen and oxygen atoms in total. The van der Waals surface area contributed by atoms with Crippen LogP contribution in [-0.2, 0) is 16.1 Å². The molecule has 0 aliphatic carbocycles. The van der Waals surface area contributed by atoms with E-state index in [9.17, 15) is 9.59 Å². The maximum absolute atomic E-state index is 13.3. The number of fused-ring (bicyclic) bond motifs is 1. The van der Waals surface area contributed by atoms with Gasteiger partial charge in [0.2, 0.25) is 5.91 Å². The normalized spacial score (nSPS) is 24.2. The molecule has 4 rings (SSSR count). The van der Waals surface area contributed by atoms with Gasteiger partial charge in [0.05, 0.1) is 12.6 Å². The summed E-state index contributed by atoms with van der Waals surface area (Å²) < 4.78 is 0. The van der Waals surface area contributed by atoms with Crippen molar-refractivity contribution in [3.8, 4) is 0 Å². The van der Waals surface area contributed by atoms with Crippen molar-refractivity contribution in [2.24, 2.45) is 0 Å². The lowest BCUT2D eigenvalue weighted by Gasteiger charge is -2.46. The fourth-order valence-electron chi connectivity index (χ4n) is 4.00. The zero-order chi connectivity index (χ0) is 17.2. The number of piperazine rings is 1. The van der Waals surface area contributed by atoms with Crippen LogP contribution >= 0.6 is 0 Å². The summed E-state index contributed by atoms with van der Waals surface area (Å²) >= 11 is 0. The number of carbonyl (C=O) groups excluding carboxylic acids is 2. The van der Waals surface area contributed by atoms with Crippen molar-refractivity contribution < 1.29 is 9.59 Å². The highest BCUT2D eigenvalue weighted by molar-refractivity contribution is 6.03. The largest absolute Gasteiger partial charge is 0.277 e. The lowest BCUT2D eigenvalue weighted by Crippen LogP contribution is -2.61. The molecular weight excluding hydrogens is 312 g/mol. The van der Waals surface area contributed by atoms with E-state index < -0.39 is 0 Å². The summed E-state index contributed by atoms with van der Waals surface area (Å²) in [6.07, 6.45) is 2.92. The number of rotatable bonds is 3. The molecule has 0 N–H and O–H groups in total. The Balaban J connectivity index is 1.70. The molecule has 2 atom stereocenters. The Morgan fingerprint density at radius 1 is 0.840 bits per heavy atom. The number of hydrogen-bond donors (Lipinski definition) is 0. The van der Waals surface area contributed by atoms with E-state index in [1.165, 1.54) is 4.90 Å². The molecule has 0 spiro atoms. The van der Waals surface area contributed by atoms with Crippen LogP contribution in [0.25, 0.3) is 0 Å². The predicted octanol–water partition coefficient (Wildman–Crippen LogP) is 3.15. The van der Waals surface area contributed by atoms with Crippen LogP contribution in [-0.4, -0.2) is 34.2 Å². The first-order chi connectivity index (χ1) is 12.3. The highest BCUT2D eigenvalue weighted by Gasteiger charge is 2.47. The van der Waals surface area contributed by atoms with E-state index in [-0.39, 0.29) is 23.9 Å². The van der Waals surface area contributed by atoms with E-state index in [4.69, 9.17) is 0 Å². The van der Waals surface area contributed by atoms with Crippen LogP contribution in [0.5, 0.6) is 0 Å². The molecule has 0 bridgehead atoms. The Kier molecular flexibility index (Phi) is 4.36. The Hall–Kier alpha value is -2.46. The van der Waals surface area contributed by atoms with Crippen LogP contribution in [0.3, 0.4) is 0 Å². The predicted molar refractivity (Wildman–Crippen MR) is 95.5 cm³/mol. The first-order valence-electron chi connectivity index (χ1n) is 8.95. The van der Waals surface area contributed by atoms with Crippen LogP contribution in [0.2, 0.25) is 0 Å². The lowest BCUT2D eigenvalue weighted by molar-refractivity contribution is -0.163. The third kappa shape index (κ3) is 2.98. The minimum absolute atomic E-state index is 0.0410. The molecule has 0 radical (unpaired) electrons. The average molecular weight is 334 g/mol. The molecule has 2 fully saturated rings. The highest BCUT2D eigenvalue weighted by Crippen LogP contribution is 2.35. The van der Waals surface area contributed by atoms with Gasteiger partial charge in [0.1, 0.15) is 6.04 Å². The van der Waals surface area contributed by atoms with Gasteiger partial charge in [0, 0.05) is 6.54 Å². The summed E-state index contributed by atoms with van der Waals surface area (Å²) in [5.74, 6) is -0.140. The second-order valence-electron chi connectivity index (χ2n) is 6.81. The summed E-state index contributed by atoms with van der Waals surface area (Å²) in [5.41, 5.74) is 1.96. The van der Waals surface area contributed by atoms with Crippen molar-refractivity contribution in [1.29, 1.82) is 0 Å². The van der Waals surface area contributed by atoms with Crippen LogP contribution in [0, 0.1) is 0 Å². The topological polar surface area (TPSA) is 40.6 Å². The van der Waals surface area contributed by atoms with E-state index in [2.05, 4.69) is 4.90 Å². The quantitative estimate of drug-likeness (QED) is 0.810. The van der Waals surface area contributed by atoms with E-state index in [1.54, 1.807) is 0 Å². The van der Waals surface area contributed by atoms with Gasteiger partial charge in [-0.3, -0.25) is 19.4 Å². The number of carbonyl (C=O) groups is 2. The number of benzene rings is 2. The Bertz CT molecular complexity index is 760. The van der Waals surface area contributed by atoms with Gasteiger partial charge >= 0.3 is 0 Å². The maximum Gasteiger partial charge on any atom is 0.251 e. The minimum Gasteiger partial charge on any atom is -0.277 e. The molecule has 2 aliphatic rings. The van der Waals surface area contributed by atoms with Gasteiger partial charge < -0.3 is 0 Å². The highest BCUT2D eigenvalue weighted by atomic mass is 16.2. The van der Waals surface area contributed by atoms with Gasteiger partial charge in [-0.2, -0.15) is 0 Å². The summed E-state index contributed by atoms with van der Waals surface area (Å²) in [4.78, 5) is 29.9. The number of piperidine rings is 1. The van der Waals surface area contributed by atoms with E-state index in [0.29, 0.717) is 6.54 Å². The van der Waals surface area contributed by atoms with Crippen LogP contribution < -0.4 is 0 Å². The van der Waals surface area contributed by atoms with Crippen LogP contribution in [0.15, 0.2) is 60.7 Å². The van der Waals surface area contributed by atoms with Gasteiger partial charge in [-0.1, -0.05) is 67.1 Å². The van der Waals surface area contributed by atoms with Gasteiger partial charge in [-0.05, 0) is 24.0 Å². The average Bonchev–Trinajstić information content (AvgIpc) is 2.67. The first-order valence-corrected chi connectivity index (χ1v) is 8.95. The lowest BCUT2D eigenvalue weighted by atomic mass is 9.91. The number of hydrogen-bond acceptors (Lipinski definition) is 3. The van der Waals surface area contributed by atoms with E-state index in [1.807, 2.05) is 60.7 Å². The summed E-state index contributed by atoms with van der Waals surface area (Å²) in [7, 11) is 0. The summed E-state index contributed by atoms with van der Waals surface area (Å²) in [6.45, 7) is 1.16. The van der Waals surface area contributed by atoms with Gasteiger partial charge in [-0.15, -0.1) is 0 Å². The van der Waals surface area contributed by atoms with Crippen LogP contribution in [0.4, 0.5) is 0 Å². The van der Waals surface area contributed by atoms with Gasteiger partial charge in [0.15, 0.2) is 0 Å². The Labute approximate surface area is 148 Å². The third-order valence-electron chi connectivity index (χ3n) is 5.23. The summed E-state index contributed by atoms with van der Waals surface area (Å²) in [5, 5.41) is 0. The number of nitrogens with zero attached hydrogens (tertiary/aromatic N) is 2. The number of amides is 2. The van der Waals surface area contributed by atoms with Crippen molar-refractivity contribution in [3.05, 3.63) is 71.8 Å². The fraction of sp³-hybridized carbons (Fsp3) is 0.333. The van der Waals surface area contributed by atoms with Gasteiger partial charge in [0.25, 0.3) is 5.91 Å². The van der Waals surface area contributed by atoms with Crippen molar-refractivity contribution in [3.63, 3.8) is 0 Å². The van der Waals surface area contributed by atoms with Crippen LogP contribution in [0.1, 0.15) is 36.4 Å². The second kappa shape index (κ2) is 6.81. The monoisotopic (exact) mass is 334 g/mol. The number of imide groups is 1. The first kappa shape index (κ1) is 16.0. The van der Waals surface area contributed by atoms with Gasteiger partial charge in [-0.25, -0.2) is 0 Å². The molecule has 2 heterocycles. The molecule has 128 valence electrons. The van der Waals surface area contributed by atoms with Crippen molar-refractivity contribution >= 4 is 11.8 Å². The third-order valence-corrected chi connectivity index (χ3v) is 5.23. The smallest absolute Gasteiger partial charge is 0.251 e. The van der Waals surface area contributed by atoms with Crippen molar-refractivity contribution in [1.82, 2.24) is 9.80 Å². The molecule has 2 amide bonds. The zero-order valence-corrected chi connectivity index (χ0v) is 14.2. The molecule has 0 aromatic heterocycles. The molecule has 2 aliphatic heterocycles. The molecule has 2 aromatic rings. The van der Waals surface area contributed by atoms with E-state index in [0.717, 1.165) is 36.9 Å². The second-order valence-corrected chi connectivity index (χ2v) is 6.81. The Morgan fingerprint density at radius 3 is 2.24 bits per heavy atom. The summed E-state index contributed by atoms with van der Waals surface area (Å²) in [6, 6.07) is 19.1. The Morgan fingerprint density at radius 2 is 1.52 bits per heavy atom. The molecule has 2 aromatic carbocycles. The van der Waals surface area contributed by atoms with E-state index >= 15 is 0 Å². The molecular formula is C21H22N2O2. The standard InChI is InChI=1S/C21H22N2O2/c24-20-18-13-7-8-14-22(18)19(17-11-5-2-6-12-17)21(25)23(20)15-16-9-3-1-4-10-16/h1-6,9-12,18-19H,7-8,13-15H2/t18-,19-/m0/s1. The maximum atomic E-state index is 13.3. The molecule has 2 saturated heterocycles. The zero-order valence-electron chi connectivity index (χ0n) is 14.2. The van der Waals surface area contributed by atoms with Crippen molar-refractivity contribution in [2.45, 2.75) is 37.9 Å². The molecule has 4 heteroatoms. The minimum atomic E-state index is -0.354. The molecule has 25 heavy (non-hydrogen) atoms. The fourth-order valence-corrected chi connectivity index (χ4v) is 4.00. The SMILES string of the molecule is O=C1[C@H](c2ccccc2)N2CCCC[C@H]2C(=O)N1Cc1ccccc1. The molecule has 0 saturated carbocycles. The van der Waals surface area contributed by atoms with Crippen molar-refractivity contribution in [2.75, 3.05) is 6.54 Å². The molecule has 0 unspecified atom stereocenters.